The molecule has 0 bridgehead atoms. The third-order valence-electron chi connectivity index (χ3n) is 4.65. The second kappa shape index (κ2) is 7.25. The molecule has 1 saturated heterocycles. The summed E-state index contributed by atoms with van der Waals surface area (Å²) in [5.74, 6) is 0.209. The zero-order valence-corrected chi connectivity index (χ0v) is 12.3. The normalized spacial score (nSPS) is 23.4. The van der Waals surface area contributed by atoms with Crippen LogP contribution in [0.5, 0.6) is 0 Å². The van der Waals surface area contributed by atoms with Crippen LogP contribution in [-0.2, 0) is 4.79 Å². The summed E-state index contributed by atoms with van der Waals surface area (Å²) < 4.78 is 0. The van der Waals surface area contributed by atoms with Gasteiger partial charge in [0, 0.05) is 31.7 Å². The van der Waals surface area contributed by atoms with Gasteiger partial charge in [0.2, 0.25) is 5.91 Å². The van der Waals surface area contributed by atoms with E-state index < -0.39 is 0 Å². The Morgan fingerprint density at radius 2 is 2.11 bits per heavy atom. The molecule has 4 nitrogen and oxygen atoms in total. The maximum Gasteiger partial charge on any atom is 0.234 e. The maximum atomic E-state index is 12.0. The molecule has 0 atom stereocenters. The highest BCUT2D eigenvalue weighted by Gasteiger charge is 2.40. The Kier molecular flexibility index (Phi) is 5.64. The molecule has 110 valence electrons. The van der Waals surface area contributed by atoms with Crippen LogP contribution in [0.3, 0.4) is 0 Å². The molecule has 2 N–H and O–H groups in total. The van der Waals surface area contributed by atoms with Gasteiger partial charge in [-0.25, -0.2) is 0 Å². The van der Waals surface area contributed by atoms with Crippen LogP contribution in [0.25, 0.3) is 0 Å². The van der Waals surface area contributed by atoms with E-state index in [0.717, 1.165) is 39.0 Å². The number of nitrogens with zero attached hydrogens (tertiary/aromatic N) is 1. The van der Waals surface area contributed by atoms with Gasteiger partial charge in [-0.15, -0.1) is 0 Å². The van der Waals surface area contributed by atoms with Crippen molar-refractivity contribution in [2.75, 3.05) is 32.7 Å². The van der Waals surface area contributed by atoms with E-state index in [1.807, 2.05) is 0 Å². The number of nitrogens with one attached hydrogen (secondary N) is 2. The van der Waals surface area contributed by atoms with Gasteiger partial charge in [0.1, 0.15) is 0 Å². The first kappa shape index (κ1) is 14.8. The molecule has 1 saturated carbocycles. The van der Waals surface area contributed by atoms with E-state index in [-0.39, 0.29) is 11.4 Å². The van der Waals surface area contributed by atoms with Gasteiger partial charge in [-0.1, -0.05) is 32.6 Å². The molecule has 1 aliphatic heterocycles. The SMILES string of the molecule is CCCCNC(=O)CN1CCNCC12CCCCC2. The lowest BCUT2D eigenvalue weighted by molar-refractivity contribution is -0.125. The van der Waals surface area contributed by atoms with E-state index in [2.05, 4.69) is 22.5 Å². The lowest BCUT2D eigenvalue weighted by Crippen LogP contribution is -2.63. The molecule has 0 aromatic heterocycles. The largest absolute Gasteiger partial charge is 0.355 e. The number of amides is 1. The predicted octanol–water partition coefficient (Wildman–Crippen LogP) is 1.51. The first-order valence-electron chi connectivity index (χ1n) is 7.99. The third-order valence-corrected chi connectivity index (χ3v) is 4.65. The fourth-order valence-electron chi connectivity index (χ4n) is 3.47. The molecule has 19 heavy (non-hydrogen) atoms. The second-order valence-corrected chi connectivity index (χ2v) is 6.09. The van der Waals surface area contributed by atoms with Gasteiger partial charge in [-0.05, 0) is 19.3 Å². The van der Waals surface area contributed by atoms with Crippen LogP contribution in [0.1, 0.15) is 51.9 Å². The number of unbranched alkanes of at least 4 members (excludes halogenated alkanes) is 1. The van der Waals surface area contributed by atoms with Crippen molar-refractivity contribution in [2.45, 2.75) is 57.4 Å². The van der Waals surface area contributed by atoms with E-state index >= 15 is 0 Å². The number of hydrogen-bond acceptors (Lipinski definition) is 3. The van der Waals surface area contributed by atoms with Crippen molar-refractivity contribution in [3.63, 3.8) is 0 Å². The molecule has 0 aromatic rings. The summed E-state index contributed by atoms with van der Waals surface area (Å²) in [7, 11) is 0. The average Bonchev–Trinajstić information content (AvgIpc) is 2.43. The number of carbonyl (C=O) groups excluding carboxylic acids is 1. The van der Waals surface area contributed by atoms with Crippen LogP contribution in [0.2, 0.25) is 0 Å². The topological polar surface area (TPSA) is 44.4 Å². The molecular formula is C15H29N3O. The van der Waals surface area contributed by atoms with E-state index in [4.69, 9.17) is 0 Å². The Morgan fingerprint density at radius 3 is 2.84 bits per heavy atom. The number of carbonyl (C=O) groups is 1. The second-order valence-electron chi connectivity index (χ2n) is 6.09. The molecule has 0 aromatic carbocycles. The zero-order chi connectivity index (χ0) is 13.6. The summed E-state index contributed by atoms with van der Waals surface area (Å²) in [5, 5.41) is 6.58. The highest BCUT2D eigenvalue weighted by Crippen LogP contribution is 2.34. The van der Waals surface area contributed by atoms with Crippen molar-refractivity contribution in [3.05, 3.63) is 0 Å². The first-order chi connectivity index (χ1) is 9.27. The standard InChI is InChI=1S/C15H29N3O/c1-2-3-9-17-14(19)12-18-11-10-16-13-15(18)7-5-4-6-8-15/h16H,2-13H2,1H3,(H,17,19). The summed E-state index contributed by atoms with van der Waals surface area (Å²) in [6, 6.07) is 0. The van der Waals surface area contributed by atoms with Crippen molar-refractivity contribution in [1.29, 1.82) is 0 Å². The summed E-state index contributed by atoms with van der Waals surface area (Å²) >= 11 is 0. The van der Waals surface area contributed by atoms with Crippen molar-refractivity contribution < 1.29 is 4.79 Å². The van der Waals surface area contributed by atoms with Gasteiger partial charge in [0.05, 0.1) is 6.54 Å². The summed E-state index contributed by atoms with van der Waals surface area (Å²) in [6.07, 6.45) is 8.71. The van der Waals surface area contributed by atoms with Gasteiger partial charge in [-0.3, -0.25) is 9.69 Å². The van der Waals surface area contributed by atoms with E-state index in [1.165, 1.54) is 32.1 Å². The summed E-state index contributed by atoms with van der Waals surface area (Å²) in [6.45, 7) is 6.67. The Labute approximate surface area is 117 Å². The summed E-state index contributed by atoms with van der Waals surface area (Å²) in [4.78, 5) is 14.5. The lowest BCUT2D eigenvalue weighted by atomic mass is 9.79. The molecule has 4 heteroatoms. The monoisotopic (exact) mass is 267 g/mol. The number of rotatable bonds is 5. The number of piperazine rings is 1. The van der Waals surface area contributed by atoms with E-state index in [9.17, 15) is 4.79 Å². The van der Waals surface area contributed by atoms with Crippen LogP contribution < -0.4 is 10.6 Å². The Hall–Kier alpha value is -0.610. The fraction of sp³-hybridized carbons (Fsp3) is 0.933. The molecule has 1 heterocycles. The van der Waals surface area contributed by atoms with Crippen molar-refractivity contribution in [1.82, 2.24) is 15.5 Å². The molecule has 1 spiro atoms. The molecule has 0 unspecified atom stereocenters. The molecule has 1 aliphatic carbocycles. The molecule has 2 rings (SSSR count). The van der Waals surface area contributed by atoms with Crippen molar-refractivity contribution in [3.8, 4) is 0 Å². The summed E-state index contributed by atoms with van der Waals surface area (Å²) in [5.41, 5.74) is 0.262. The van der Waals surface area contributed by atoms with Gasteiger partial charge in [0.15, 0.2) is 0 Å². The molecular weight excluding hydrogens is 238 g/mol. The van der Waals surface area contributed by atoms with Crippen LogP contribution >= 0.6 is 0 Å². The van der Waals surface area contributed by atoms with Crippen molar-refractivity contribution >= 4 is 5.91 Å². The molecule has 0 radical (unpaired) electrons. The van der Waals surface area contributed by atoms with Gasteiger partial charge in [0.25, 0.3) is 0 Å². The van der Waals surface area contributed by atoms with E-state index in [1.54, 1.807) is 0 Å². The quantitative estimate of drug-likeness (QED) is 0.742. The molecule has 2 aliphatic rings. The van der Waals surface area contributed by atoms with Crippen molar-refractivity contribution in [2.24, 2.45) is 0 Å². The van der Waals surface area contributed by atoms with Crippen LogP contribution in [-0.4, -0.2) is 49.1 Å². The Balaban J connectivity index is 1.86. The van der Waals surface area contributed by atoms with Gasteiger partial charge < -0.3 is 10.6 Å². The lowest BCUT2D eigenvalue weighted by Gasteiger charge is -2.49. The number of hydrogen-bond donors (Lipinski definition) is 2. The van der Waals surface area contributed by atoms with Crippen LogP contribution in [0.4, 0.5) is 0 Å². The maximum absolute atomic E-state index is 12.0. The predicted molar refractivity (Wildman–Crippen MR) is 78.2 cm³/mol. The van der Waals surface area contributed by atoms with Crippen LogP contribution in [0.15, 0.2) is 0 Å². The smallest absolute Gasteiger partial charge is 0.234 e. The Morgan fingerprint density at radius 1 is 1.32 bits per heavy atom. The third kappa shape index (κ3) is 3.93. The fourth-order valence-corrected chi connectivity index (χ4v) is 3.47. The van der Waals surface area contributed by atoms with Crippen LogP contribution in [0, 0.1) is 0 Å². The minimum Gasteiger partial charge on any atom is -0.355 e. The average molecular weight is 267 g/mol. The highest BCUT2D eigenvalue weighted by molar-refractivity contribution is 5.78. The molecule has 1 amide bonds. The van der Waals surface area contributed by atoms with E-state index in [0.29, 0.717) is 6.54 Å². The van der Waals surface area contributed by atoms with Gasteiger partial charge in [-0.2, -0.15) is 0 Å². The highest BCUT2D eigenvalue weighted by atomic mass is 16.2. The molecule has 2 fully saturated rings. The minimum atomic E-state index is 0.209. The zero-order valence-electron chi connectivity index (χ0n) is 12.3. The Bertz CT molecular complexity index is 279. The van der Waals surface area contributed by atoms with Gasteiger partial charge >= 0.3 is 0 Å². The first-order valence-corrected chi connectivity index (χ1v) is 7.99. The minimum absolute atomic E-state index is 0.209.